The number of likely N-dealkylation sites (tertiary alicyclic amines) is 1. The number of hydrogen-bond donors (Lipinski definition) is 0. The van der Waals surface area contributed by atoms with Gasteiger partial charge in [-0.3, -0.25) is 4.40 Å². The molecule has 0 atom stereocenters. The van der Waals surface area contributed by atoms with Crippen LogP contribution in [-0.4, -0.2) is 48.7 Å². The van der Waals surface area contributed by atoms with Crippen molar-refractivity contribution in [1.29, 1.82) is 0 Å². The van der Waals surface area contributed by atoms with Gasteiger partial charge in [0.25, 0.3) is 0 Å². The van der Waals surface area contributed by atoms with Gasteiger partial charge in [-0.15, -0.1) is 0 Å². The molecule has 1 saturated heterocycles. The second-order valence-electron chi connectivity index (χ2n) is 9.70. The summed E-state index contributed by atoms with van der Waals surface area (Å²) >= 11 is 1.71. The standard InChI is InChI=1S/C24H29N5O2S/c1-15-10-19-12-18(11-16(2)29(19)26-15)21-14-28-13-20(25-22(28)32-21)17-6-8-27(9-7-17)23(30)31-24(3,4)5/h10-14,17H,6-9H2,1-5H3. The van der Waals surface area contributed by atoms with Crippen molar-refractivity contribution in [3.05, 3.63) is 47.7 Å². The molecular formula is C24H29N5O2S. The molecule has 0 bridgehead atoms. The first kappa shape index (κ1) is 21.0. The first-order valence-corrected chi connectivity index (χ1v) is 11.9. The van der Waals surface area contributed by atoms with E-state index in [2.05, 4.69) is 47.0 Å². The zero-order valence-electron chi connectivity index (χ0n) is 19.3. The van der Waals surface area contributed by atoms with Gasteiger partial charge in [0.2, 0.25) is 0 Å². The van der Waals surface area contributed by atoms with Crippen LogP contribution >= 0.6 is 11.3 Å². The summed E-state index contributed by atoms with van der Waals surface area (Å²) in [7, 11) is 0. The van der Waals surface area contributed by atoms with Gasteiger partial charge < -0.3 is 9.64 Å². The molecule has 4 aromatic heterocycles. The van der Waals surface area contributed by atoms with E-state index in [-0.39, 0.29) is 6.09 Å². The third-order valence-electron chi connectivity index (χ3n) is 5.88. The lowest BCUT2D eigenvalue weighted by molar-refractivity contribution is 0.0204. The maximum absolute atomic E-state index is 12.3. The van der Waals surface area contributed by atoms with Crippen molar-refractivity contribution in [3.8, 4) is 10.4 Å². The fraction of sp³-hybridized carbons (Fsp3) is 0.458. The van der Waals surface area contributed by atoms with Gasteiger partial charge in [0.05, 0.1) is 21.8 Å². The normalized spacial score (nSPS) is 15.7. The molecule has 5 rings (SSSR count). The van der Waals surface area contributed by atoms with Gasteiger partial charge in [-0.05, 0) is 71.2 Å². The molecule has 0 aliphatic carbocycles. The monoisotopic (exact) mass is 451 g/mol. The molecule has 1 fully saturated rings. The quantitative estimate of drug-likeness (QED) is 0.407. The van der Waals surface area contributed by atoms with E-state index in [0.29, 0.717) is 19.0 Å². The van der Waals surface area contributed by atoms with Gasteiger partial charge >= 0.3 is 6.09 Å². The van der Waals surface area contributed by atoms with Crippen LogP contribution in [0.4, 0.5) is 4.79 Å². The number of aromatic nitrogens is 4. The zero-order chi connectivity index (χ0) is 22.6. The molecule has 1 aliphatic heterocycles. The Bertz CT molecular complexity index is 1270. The average molecular weight is 452 g/mol. The van der Waals surface area contributed by atoms with Gasteiger partial charge in [-0.25, -0.2) is 14.3 Å². The number of aryl methyl sites for hydroxylation is 2. The number of fused-ring (bicyclic) bond motifs is 2. The molecule has 0 unspecified atom stereocenters. The third-order valence-corrected chi connectivity index (χ3v) is 6.93. The summed E-state index contributed by atoms with van der Waals surface area (Å²) in [6.07, 6.45) is 5.92. The summed E-state index contributed by atoms with van der Waals surface area (Å²) in [6.45, 7) is 11.2. The second kappa shape index (κ2) is 7.62. The highest BCUT2D eigenvalue weighted by Crippen LogP contribution is 2.33. The van der Waals surface area contributed by atoms with E-state index >= 15 is 0 Å². The molecule has 0 saturated carbocycles. The van der Waals surface area contributed by atoms with E-state index in [4.69, 9.17) is 9.72 Å². The summed E-state index contributed by atoms with van der Waals surface area (Å²) in [5, 5.41) is 4.55. The Morgan fingerprint density at radius 3 is 2.56 bits per heavy atom. The Morgan fingerprint density at radius 2 is 1.88 bits per heavy atom. The van der Waals surface area contributed by atoms with E-state index in [1.807, 2.05) is 37.1 Å². The van der Waals surface area contributed by atoms with E-state index < -0.39 is 5.60 Å². The lowest BCUT2D eigenvalue weighted by Crippen LogP contribution is -2.41. The highest BCUT2D eigenvalue weighted by molar-refractivity contribution is 7.20. The van der Waals surface area contributed by atoms with Crippen molar-refractivity contribution in [3.63, 3.8) is 0 Å². The van der Waals surface area contributed by atoms with Gasteiger partial charge in [0.1, 0.15) is 5.60 Å². The van der Waals surface area contributed by atoms with E-state index in [0.717, 1.165) is 40.4 Å². The predicted octanol–water partition coefficient (Wildman–Crippen LogP) is 5.44. The number of pyridine rings is 1. The van der Waals surface area contributed by atoms with Crippen LogP contribution in [0.3, 0.4) is 0 Å². The number of ether oxygens (including phenoxy) is 1. The Kier molecular flexibility index (Phi) is 5.00. The molecule has 0 N–H and O–H groups in total. The number of imidazole rings is 1. The van der Waals surface area contributed by atoms with Crippen LogP contribution in [0.2, 0.25) is 0 Å². The third kappa shape index (κ3) is 3.99. The highest BCUT2D eigenvalue weighted by atomic mass is 32.1. The summed E-state index contributed by atoms with van der Waals surface area (Å²) < 4.78 is 9.63. The number of thiazole rings is 1. The van der Waals surface area contributed by atoms with E-state index in [9.17, 15) is 4.79 Å². The van der Waals surface area contributed by atoms with Crippen LogP contribution in [-0.2, 0) is 4.74 Å². The number of rotatable bonds is 2. The molecule has 0 radical (unpaired) electrons. The van der Waals surface area contributed by atoms with E-state index in [1.165, 1.54) is 10.4 Å². The molecule has 0 aromatic carbocycles. The van der Waals surface area contributed by atoms with Crippen LogP contribution in [0, 0.1) is 13.8 Å². The average Bonchev–Trinajstić information content (AvgIpc) is 3.39. The Morgan fingerprint density at radius 1 is 1.12 bits per heavy atom. The Labute approximate surface area is 191 Å². The second-order valence-corrected chi connectivity index (χ2v) is 10.7. The minimum absolute atomic E-state index is 0.216. The van der Waals surface area contributed by atoms with Crippen molar-refractivity contribution < 1.29 is 9.53 Å². The van der Waals surface area contributed by atoms with Crippen LogP contribution in [0.15, 0.2) is 30.6 Å². The largest absolute Gasteiger partial charge is 0.444 e. The van der Waals surface area contributed by atoms with E-state index in [1.54, 1.807) is 11.3 Å². The van der Waals surface area contributed by atoms with Gasteiger partial charge in [0.15, 0.2) is 4.96 Å². The Balaban J connectivity index is 1.31. The lowest BCUT2D eigenvalue weighted by atomic mass is 9.94. The molecule has 1 amide bonds. The molecule has 8 heteroatoms. The first-order chi connectivity index (χ1) is 15.2. The van der Waals surface area contributed by atoms with Crippen molar-refractivity contribution in [2.75, 3.05) is 13.1 Å². The maximum Gasteiger partial charge on any atom is 0.410 e. The number of hydrogen-bond acceptors (Lipinski definition) is 5. The minimum atomic E-state index is -0.459. The van der Waals surface area contributed by atoms with Crippen LogP contribution in [0.25, 0.3) is 20.9 Å². The fourth-order valence-electron chi connectivity index (χ4n) is 4.36. The summed E-state index contributed by atoms with van der Waals surface area (Å²) in [5.74, 6) is 0.373. The molecule has 4 aromatic rings. The molecular weight excluding hydrogens is 422 g/mol. The van der Waals surface area contributed by atoms with Crippen LogP contribution in [0.1, 0.15) is 56.6 Å². The number of piperidine rings is 1. The van der Waals surface area contributed by atoms with Crippen molar-refractivity contribution in [2.45, 2.75) is 59.0 Å². The van der Waals surface area contributed by atoms with Crippen LogP contribution in [0.5, 0.6) is 0 Å². The summed E-state index contributed by atoms with van der Waals surface area (Å²) in [6, 6.07) is 6.47. The van der Waals surface area contributed by atoms with Crippen molar-refractivity contribution >= 4 is 27.9 Å². The summed E-state index contributed by atoms with van der Waals surface area (Å²) in [4.78, 5) is 21.3. The first-order valence-electron chi connectivity index (χ1n) is 11.1. The number of nitrogens with zero attached hydrogens (tertiary/aromatic N) is 5. The number of carbonyl (C=O) groups is 1. The lowest BCUT2D eigenvalue weighted by Gasteiger charge is -2.32. The molecule has 168 valence electrons. The maximum atomic E-state index is 12.3. The van der Waals surface area contributed by atoms with Gasteiger partial charge in [-0.1, -0.05) is 11.3 Å². The molecule has 1 aliphatic rings. The van der Waals surface area contributed by atoms with Crippen LogP contribution < -0.4 is 0 Å². The predicted molar refractivity (Wildman–Crippen MR) is 127 cm³/mol. The SMILES string of the molecule is Cc1cc2cc(-c3cn4cc(C5CCN(C(=O)OC(C)(C)C)CC5)nc4s3)cc(C)n2n1. The van der Waals surface area contributed by atoms with Crippen molar-refractivity contribution in [1.82, 2.24) is 23.9 Å². The fourth-order valence-corrected chi connectivity index (χ4v) is 5.32. The molecule has 7 nitrogen and oxygen atoms in total. The smallest absolute Gasteiger partial charge is 0.410 e. The zero-order valence-corrected chi connectivity index (χ0v) is 20.1. The summed E-state index contributed by atoms with van der Waals surface area (Å²) in [5.41, 5.74) is 5.10. The molecule has 32 heavy (non-hydrogen) atoms. The number of carbonyl (C=O) groups excluding carboxylic acids is 1. The number of amides is 1. The molecule has 5 heterocycles. The van der Waals surface area contributed by atoms with Crippen molar-refractivity contribution in [2.24, 2.45) is 0 Å². The minimum Gasteiger partial charge on any atom is -0.444 e. The molecule has 0 spiro atoms. The van der Waals surface area contributed by atoms with Gasteiger partial charge in [0, 0.05) is 37.1 Å². The topological polar surface area (TPSA) is 64.1 Å². The Hall–Kier alpha value is -2.87. The highest BCUT2D eigenvalue weighted by Gasteiger charge is 2.28. The van der Waals surface area contributed by atoms with Gasteiger partial charge in [-0.2, -0.15) is 5.10 Å².